The third-order valence-electron chi connectivity index (χ3n) is 4.38. The van der Waals surface area contributed by atoms with Crippen LogP contribution < -0.4 is 15.7 Å². The van der Waals surface area contributed by atoms with Crippen molar-refractivity contribution in [2.24, 2.45) is 0 Å². The van der Waals surface area contributed by atoms with Crippen LogP contribution in [0.2, 0.25) is 0 Å². The summed E-state index contributed by atoms with van der Waals surface area (Å²) < 4.78 is 33.5. The molecule has 26 heavy (non-hydrogen) atoms. The molecule has 2 aromatic carbocycles. The first kappa shape index (κ1) is 18.0. The highest BCUT2D eigenvalue weighted by Crippen LogP contribution is 2.30. The fourth-order valence-electron chi connectivity index (χ4n) is 2.92. The van der Waals surface area contributed by atoms with E-state index in [2.05, 4.69) is 10.0 Å². The summed E-state index contributed by atoms with van der Waals surface area (Å²) in [4.78, 5) is 12.5. The summed E-state index contributed by atoms with van der Waals surface area (Å²) in [5.74, 6) is 0. The van der Waals surface area contributed by atoms with Gasteiger partial charge in [-0.05, 0) is 55.7 Å². The molecule has 0 amide bonds. The van der Waals surface area contributed by atoms with Crippen LogP contribution in [0.4, 0.5) is 11.4 Å². The maximum atomic E-state index is 12.9. The molecule has 0 radical (unpaired) electrons. The highest BCUT2D eigenvalue weighted by atomic mass is 32.2. The Hall–Kier alpha value is -2.80. The van der Waals surface area contributed by atoms with E-state index in [0.717, 1.165) is 11.1 Å². The summed E-state index contributed by atoms with van der Waals surface area (Å²) in [6, 6.07) is 10.4. The topological polar surface area (TPSA) is 88.4 Å². The van der Waals surface area contributed by atoms with Gasteiger partial charge in [-0.1, -0.05) is 18.2 Å². The van der Waals surface area contributed by atoms with Crippen molar-refractivity contribution in [2.45, 2.75) is 25.7 Å². The lowest BCUT2D eigenvalue weighted by Gasteiger charge is -2.15. The Bertz CT molecular complexity index is 1160. The molecule has 136 valence electrons. The van der Waals surface area contributed by atoms with Gasteiger partial charge in [0.2, 0.25) is 0 Å². The number of para-hydroxylation sites is 1. The van der Waals surface area contributed by atoms with Gasteiger partial charge in [-0.15, -0.1) is 0 Å². The number of anilines is 2. The molecule has 0 aliphatic carbocycles. The number of rotatable bonds is 4. The molecule has 1 heterocycles. The van der Waals surface area contributed by atoms with Gasteiger partial charge in [0.25, 0.3) is 10.0 Å². The number of nitrogens with one attached hydrogen (secondary N) is 2. The van der Waals surface area contributed by atoms with Crippen LogP contribution in [-0.4, -0.2) is 15.5 Å². The van der Waals surface area contributed by atoms with E-state index in [4.69, 9.17) is 4.42 Å². The molecule has 0 bridgehead atoms. The maximum absolute atomic E-state index is 12.9. The summed E-state index contributed by atoms with van der Waals surface area (Å²) in [7, 11) is -2.33. The van der Waals surface area contributed by atoms with Gasteiger partial charge in [0, 0.05) is 12.4 Å². The highest BCUT2D eigenvalue weighted by Gasteiger charge is 2.23. The smallest absolute Gasteiger partial charge is 0.363 e. The molecule has 0 saturated carbocycles. The summed E-state index contributed by atoms with van der Waals surface area (Å²) in [6.45, 7) is 5.49. The first-order valence-corrected chi connectivity index (χ1v) is 9.57. The van der Waals surface area contributed by atoms with Crippen molar-refractivity contribution < 1.29 is 12.8 Å². The van der Waals surface area contributed by atoms with Crippen molar-refractivity contribution in [1.82, 2.24) is 0 Å². The van der Waals surface area contributed by atoms with E-state index in [1.54, 1.807) is 44.3 Å². The molecule has 0 spiro atoms. The van der Waals surface area contributed by atoms with E-state index in [1.807, 2.05) is 19.9 Å². The molecule has 7 heteroatoms. The van der Waals surface area contributed by atoms with Gasteiger partial charge in [-0.3, -0.25) is 4.72 Å². The van der Waals surface area contributed by atoms with Crippen LogP contribution in [0.3, 0.4) is 0 Å². The van der Waals surface area contributed by atoms with E-state index < -0.39 is 15.6 Å². The minimum Gasteiger partial charge on any atom is -0.421 e. The molecule has 0 aliphatic rings. The van der Waals surface area contributed by atoms with E-state index in [1.165, 1.54) is 0 Å². The van der Waals surface area contributed by atoms with E-state index in [-0.39, 0.29) is 10.6 Å². The van der Waals surface area contributed by atoms with Crippen LogP contribution in [0.5, 0.6) is 0 Å². The van der Waals surface area contributed by atoms with Gasteiger partial charge in [-0.2, -0.15) is 0 Å². The quantitative estimate of drug-likeness (QED) is 0.684. The molecule has 6 nitrogen and oxygen atoms in total. The predicted octanol–water partition coefficient (Wildman–Crippen LogP) is 3.56. The molecule has 3 aromatic rings. The summed E-state index contributed by atoms with van der Waals surface area (Å²) in [5, 5.41) is 3.52. The second-order valence-corrected chi connectivity index (χ2v) is 7.84. The van der Waals surface area contributed by atoms with Crippen molar-refractivity contribution in [3.8, 4) is 0 Å². The molecular formula is C19H20N2O4S. The number of sulfonamides is 1. The number of hydrogen-bond acceptors (Lipinski definition) is 5. The Labute approximate surface area is 151 Å². The summed E-state index contributed by atoms with van der Waals surface area (Å²) in [6.07, 6.45) is 0. The normalized spacial score (nSPS) is 11.5. The molecule has 0 fully saturated rings. The predicted molar refractivity (Wildman–Crippen MR) is 103 cm³/mol. The van der Waals surface area contributed by atoms with E-state index >= 15 is 0 Å². The first-order chi connectivity index (χ1) is 12.2. The van der Waals surface area contributed by atoms with Gasteiger partial charge in [0.05, 0.1) is 10.6 Å². The first-order valence-electron chi connectivity index (χ1n) is 8.09. The monoisotopic (exact) mass is 372 g/mol. The van der Waals surface area contributed by atoms with Gasteiger partial charge in [-0.25, -0.2) is 13.2 Å². The molecule has 2 N–H and O–H groups in total. The van der Waals surface area contributed by atoms with Crippen LogP contribution >= 0.6 is 0 Å². The molecule has 0 aliphatic heterocycles. The fraction of sp³-hybridized carbons (Fsp3) is 0.211. The van der Waals surface area contributed by atoms with E-state index in [0.29, 0.717) is 22.2 Å². The second kappa shape index (κ2) is 6.49. The molecule has 0 unspecified atom stereocenters. The van der Waals surface area contributed by atoms with Crippen molar-refractivity contribution in [1.29, 1.82) is 0 Å². The number of fused-ring (bicyclic) bond motifs is 1. The second-order valence-electron chi connectivity index (χ2n) is 6.19. The maximum Gasteiger partial charge on any atom is 0.363 e. The Kier molecular flexibility index (Phi) is 4.50. The number of benzene rings is 2. The van der Waals surface area contributed by atoms with Crippen molar-refractivity contribution in [3.05, 3.63) is 63.5 Å². The molecule has 0 saturated heterocycles. The Balaban J connectivity index is 2.18. The minimum atomic E-state index is -3.96. The van der Waals surface area contributed by atoms with Crippen LogP contribution in [0.1, 0.15) is 16.7 Å². The zero-order chi connectivity index (χ0) is 19.1. The van der Waals surface area contributed by atoms with Gasteiger partial charge < -0.3 is 9.73 Å². The van der Waals surface area contributed by atoms with Gasteiger partial charge in [0.15, 0.2) is 5.69 Å². The molecule has 0 atom stereocenters. The fourth-order valence-corrected chi connectivity index (χ4v) is 4.29. The Morgan fingerprint density at radius 3 is 2.27 bits per heavy atom. The minimum absolute atomic E-state index is 0.134. The third kappa shape index (κ3) is 3.06. The van der Waals surface area contributed by atoms with Crippen LogP contribution in [-0.2, 0) is 10.0 Å². The summed E-state index contributed by atoms with van der Waals surface area (Å²) >= 11 is 0. The Morgan fingerprint density at radius 1 is 0.923 bits per heavy atom. The third-order valence-corrected chi connectivity index (χ3v) is 5.87. The van der Waals surface area contributed by atoms with Gasteiger partial charge in [0.1, 0.15) is 5.58 Å². The van der Waals surface area contributed by atoms with Crippen molar-refractivity contribution >= 4 is 32.4 Å². The number of hydrogen-bond donors (Lipinski definition) is 2. The lowest BCUT2D eigenvalue weighted by molar-refractivity contribution is 0.563. The SMILES string of the molecule is CNc1c(NS(=O)(=O)c2cc(C)c(C)cc2C)c(=O)oc2ccccc12. The lowest BCUT2D eigenvalue weighted by Crippen LogP contribution is -2.21. The molecule has 1 aromatic heterocycles. The van der Waals surface area contributed by atoms with Crippen molar-refractivity contribution in [3.63, 3.8) is 0 Å². The number of aryl methyl sites for hydroxylation is 3. The zero-order valence-corrected chi connectivity index (χ0v) is 15.8. The zero-order valence-electron chi connectivity index (χ0n) is 15.0. The van der Waals surface area contributed by atoms with Crippen LogP contribution in [0.15, 0.2) is 50.5 Å². The van der Waals surface area contributed by atoms with Crippen LogP contribution in [0, 0.1) is 20.8 Å². The van der Waals surface area contributed by atoms with Gasteiger partial charge >= 0.3 is 5.63 Å². The van der Waals surface area contributed by atoms with Crippen molar-refractivity contribution in [2.75, 3.05) is 17.1 Å². The highest BCUT2D eigenvalue weighted by molar-refractivity contribution is 7.92. The molecular weight excluding hydrogens is 352 g/mol. The summed E-state index contributed by atoms with van der Waals surface area (Å²) in [5.41, 5.74) is 2.34. The largest absolute Gasteiger partial charge is 0.421 e. The standard InChI is InChI=1S/C19H20N2O4S/c1-11-9-13(3)16(10-12(11)2)26(23,24)21-18-17(20-4)14-7-5-6-8-15(14)25-19(18)22/h5-10,20-21H,1-4H3. The Morgan fingerprint density at radius 2 is 1.58 bits per heavy atom. The van der Waals surface area contributed by atoms with E-state index in [9.17, 15) is 13.2 Å². The molecule has 3 rings (SSSR count). The average molecular weight is 372 g/mol. The average Bonchev–Trinajstić information content (AvgIpc) is 2.58. The lowest BCUT2D eigenvalue weighted by atomic mass is 10.1. The van der Waals surface area contributed by atoms with Crippen LogP contribution in [0.25, 0.3) is 11.0 Å².